The van der Waals surface area contributed by atoms with Gasteiger partial charge in [-0.1, -0.05) is 68.2 Å². The highest BCUT2D eigenvalue weighted by atomic mass is 16.3. The Morgan fingerprint density at radius 1 is 0.857 bits per heavy atom. The monoisotopic (exact) mass is 211 g/mol. The summed E-state index contributed by atoms with van der Waals surface area (Å²) in [5.74, 6) is 0. The lowest BCUT2D eigenvalue weighted by Gasteiger charge is -1.68. The number of hydrogen-bond donors (Lipinski definition) is 2. The molecule has 0 amide bonds. The third-order valence-electron chi connectivity index (χ3n) is 1.000. The summed E-state index contributed by atoms with van der Waals surface area (Å²) in [6.45, 7) is 8.47. The first-order chi connectivity index (χ1) is 5.24. The lowest BCUT2D eigenvalue weighted by atomic mass is 10.4. The van der Waals surface area contributed by atoms with Crippen molar-refractivity contribution in [3.05, 3.63) is 0 Å². The molecule has 0 saturated carbocycles. The molecule has 0 fully saturated rings. The molecular formula is C11H33NO2. The third kappa shape index (κ3) is 608. The highest BCUT2D eigenvalue weighted by Gasteiger charge is 1.56. The first-order valence-electron chi connectivity index (χ1n) is 4.32. The summed E-state index contributed by atoms with van der Waals surface area (Å²) in [6.07, 6.45) is 5.28. The van der Waals surface area contributed by atoms with Crippen molar-refractivity contribution < 1.29 is 9.90 Å². The predicted molar refractivity (Wildman–Crippen MR) is 68.3 cm³/mol. The number of carbonyl (C=O) groups is 1. The molecule has 0 aromatic rings. The quantitative estimate of drug-likeness (QED) is 0.647. The zero-order chi connectivity index (χ0) is 9.54. The third-order valence-corrected chi connectivity index (χ3v) is 1.000. The first-order valence-corrected chi connectivity index (χ1v) is 4.32. The molecule has 3 heteroatoms. The zero-order valence-electron chi connectivity index (χ0n) is 8.97. The molecule has 0 heterocycles. The minimum Gasteiger partial charge on any atom is -0.483 e. The van der Waals surface area contributed by atoms with Gasteiger partial charge in [-0.05, 0) is 0 Å². The van der Waals surface area contributed by atoms with Crippen molar-refractivity contribution in [3.8, 4) is 0 Å². The lowest BCUT2D eigenvalue weighted by molar-refractivity contribution is -0.122. The zero-order valence-corrected chi connectivity index (χ0v) is 8.97. The summed E-state index contributed by atoms with van der Waals surface area (Å²) < 4.78 is 0. The summed E-state index contributed by atoms with van der Waals surface area (Å²) in [5.41, 5.74) is 0. The molecule has 0 bridgehead atoms. The Hall–Kier alpha value is -0.570. The SMILES string of the molecule is C.C.CCCC.CCCC.N.O=CO. The van der Waals surface area contributed by atoms with Gasteiger partial charge >= 0.3 is 0 Å². The topological polar surface area (TPSA) is 72.3 Å². The second kappa shape index (κ2) is 82.7. The van der Waals surface area contributed by atoms with Crippen LogP contribution in [0.15, 0.2) is 0 Å². The molecule has 94 valence electrons. The fourth-order valence-corrected chi connectivity index (χ4v) is 0. The van der Waals surface area contributed by atoms with Gasteiger partial charge in [0.1, 0.15) is 0 Å². The normalized spacial score (nSPS) is 5.14. The van der Waals surface area contributed by atoms with Gasteiger partial charge in [-0.2, -0.15) is 0 Å². The average Bonchev–Trinajstić information content (AvgIpc) is 2.06. The van der Waals surface area contributed by atoms with Gasteiger partial charge in [-0.25, -0.2) is 0 Å². The molecule has 0 unspecified atom stereocenters. The van der Waals surface area contributed by atoms with Crippen LogP contribution in [0.5, 0.6) is 0 Å². The largest absolute Gasteiger partial charge is 0.483 e. The second-order valence-electron chi connectivity index (χ2n) is 2.11. The average molecular weight is 211 g/mol. The molecule has 4 N–H and O–H groups in total. The van der Waals surface area contributed by atoms with Crippen LogP contribution < -0.4 is 6.15 Å². The Kier molecular flexibility index (Phi) is 222. The summed E-state index contributed by atoms with van der Waals surface area (Å²) in [4.78, 5) is 8.36. The maximum atomic E-state index is 8.36. The van der Waals surface area contributed by atoms with E-state index in [0.29, 0.717) is 0 Å². The van der Waals surface area contributed by atoms with E-state index in [1.165, 1.54) is 25.7 Å². The molecular weight excluding hydrogens is 178 g/mol. The van der Waals surface area contributed by atoms with Gasteiger partial charge < -0.3 is 11.3 Å². The highest BCUT2D eigenvalue weighted by molar-refractivity contribution is 5.32. The van der Waals surface area contributed by atoms with E-state index in [1.54, 1.807) is 0 Å². The Bertz CT molecular complexity index is 42.6. The Morgan fingerprint density at radius 3 is 0.929 bits per heavy atom. The molecule has 0 aromatic heterocycles. The smallest absolute Gasteiger partial charge is 0.290 e. The van der Waals surface area contributed by atoms with Crippen LogP contribution in [-0.2, 0) is 4.79 Å². The van der Waals surface area contributed by atoms with Crippen LogP contribution in [0.1, 0.15) is 68.2 Å². The second-order valence-corrected chi connectivity index (χ2v) is 2.11. The lowest BCUT2D eigenvalue weighted by Crippen LogP contribution is -1.49. The standard InChI is InChI=1S/2C4H10.CH2O2.2CH4.H3N/c2*1-3-4-2;2-1-3;;;/h2*3-4H2,1-2H3;1H,(H,2,3);2*1H4;1H3. The molecule has 0 atom stereocenters. The van der Waals surface area contributed by atoms with Gasteiger partial charge in [-0.3, -0.25) is 4.79 Å². The van der Waals surface area contributed by atoms with E-state index in [4.69, 9.17) is 9.90 Å². The van der Waals surface area contributed by atoms with Gasteiger partial charge in [0.25, 0.3) is 6.47 Å². The van der Waals surface area contributed by atoms with Crippen molar-refractivity contribution in [1.82, 2.24) is 6.15 Å². The van der Waals surface area contributed by atoms with Gasteiger partial charge in [0.15, 0.2) is 0 Å². The Labute approximate surface area is 91.5 Å². The van der Waals surface area contributed by atoms with Crippen LogP contribution in [0, 0.1) is 0 Å². The summed E-state index contributed by atoms with van der Waals surface area (Å²) in [5, 5.41) is 6.89. The van der Waals surface area contributed by atoms with Gasteiger partial charge in [0, 0.05) is 0 Å². The Morgan fingerprint density at radius 2 is 0.929 bits per heavy atom. The van der Waals surface area contributed by atoms with E-state index in [0.717, 1.165) is 0 Å². The fraction of sp³-hybridized carbons (Fsp3) is 0.909. The molecule has 0 aliphatic carbocycles. The molecule has 0 rings (SSSR count). The van der Waals surface area contributed by atoms with E-state index >= 15 is 0 Å². The highest BCUT2D eigenvalue weighted by Crippen LogP contribution is 1.77. The molecule has 0 aliphatic rings. The van der Waals surface area contributed by atoms with Crippen LogP contribution in [0.4, 0.5) is 0 Å². The maximum Gasteiger partial charge on any atom is 0.290 e. The van der Waals surface area contributed by atoms with Crippen molar-refractivity contribution in [2.75, 3.05) is 0 Å². The first kappa shape index (κ1) is 37.6. The van der Waals surface area contributed by atoms with Crippen LogP contribution in [0.3, 0.4) is 0 Å². The van der Waals surface area contributed by atoms with Crippen LogP contribution in [-0.4, -0.2) is 11.6 Å². The molecule has 3 nitrogen and oxygen atoms in total. The van der Waals surface area contributed by atoms with Crippen LogP contribution >= 0.6 is 0 Å². The van der Waals surface area contributed by atoms with E-state index in [1.807, 2.05) is 0 Å². The number of rotatable bonds is 2. The van der Waals surface area contributed by atoms with Crippen LogP contribution in [0.25, 0.3) is 0 Å². The van der Waals surface area contributed by atoms with E-state index < -0.39 is 0 Å². The predicted octanol–water partition coefficient (Wildman–Crippen LogP) is 4.75. The van der Waals surface area contributed by atoms with Crippen molar-refractivity contribution in [2.24, 2.45) is 0 Å². The molecule has 14 heavy (non-hydrogen) atoms. The van der Waals surface area contributed by atoms with Gasteiger partial charge in [0.2, 0.25) is 0 Å². The van der Waals surface area contributed by atoms with Crippen LogP contribution in [0.2, 0.25) is 0 Å². The van der Waals surface area contributed by atoms with Crippen molar-refractivity contribution in [1.29, 1.82) is 0 Å². The molecule has 0 radical (unpaired) electrons. The van der Waals surface area contributed by atoms with Crippen molar-refractivity contribution in [3.63, 3.8) is 0 Å². The van der Waals surface area contributed by atoms with E-state index in [2.05, 4.69) is 27.7 Å². The summed E-state index contributed by atoms with van der Waals surface area (Å²) in [6, 6.07) is 0. The maximum absolute atomic E-state index is 8.36. The summed E-state index contributed by atoms with van der Waals surface area (Å²) in [7, 11) is 0. The summed E-state index contributed by atoms with van der Waals surface area (Å²) >= 11 is 0. The van der Waals surface area contributed by atoms with Crippen molar-refractivity contribution in [2.45, 2.75) is 68.2 Å². The molecule has 0 aromatic carbocycles. The number of unbranched alkanes of at least 4 members (excludes halogenated alkanes) is 2. The van der Waals surface area contributed by atoms with E-state index in [-0.39, 0.29) is 27.5 Å². The molecule has 0 saturated heterocycles. The fourth-order valence-electron chi connectivity index (χ4n) is 0. The molecule has 0 spiro atoms. The van der Waals surface area contributed by atoms with Crippen molar-refractivity contribution >= 4 is 6.47 Å². The number of hydrogen-bond acceptors (Lipinski definition) is 2. The number of carboxylic acid groups (broad SMARTS) is 1. The van der Waals surface area contributed by atoms with Gasteiger partial charge in [-0.15, -0.1) is 0 Å². The van der Waals surface area contributed by atoms with E-state index in [9.17, 15) is 0 Å². The molecule has 0 aliphatic heterocycles. The van der Waals surface area contributed by atoms with Gasteiger partial charge in [0.05, 0.1) is 0 Å². The Balaban J connectivity index is -0.0000000156. The minimum atomic E-state index is -0.250. The minimum absolute atomic E-state index is 0.